The van der Waals surface area contributed by atoms with Gasteiger partial charge in [-0.2, -0.15) is 0 Å². The first-order valence-corrected chi connectivity index (χ1v) is 7.47. The quantitative estimate of drug-likeness (QED) is 0.819. The van der Waals surface area contributed by atoms with E-state index in [4.69, 9.17) is 11.6 Å². The number of benzene rings is 1. The lowest BCUT2D eigenvalue weighted by Gasteiger charge is -2.33. The maximum Gasteiger partial charge on any atom is 0.413 e. The van der Waals surface area contributed by atoms with Crippen molar-refractivity contribution < 1.29 is 19.1 Å². The number of halogens is 2. The molecule has 0 atom stereocenters. The zero-order valence-corrected chi connectivity index (χ0v) is 14.1. The fraction of sp³-hybridized carbons (Fsp3) is 0.235. The molecule has 1 heterocycles. The van der Waals surface area contributed by atoms with Crippen molar-refractivity contribution in [2.75, 3.05) is 4.90 Å². The van der Waals surface area contributed by atoms with Gasteiger partial charge < -0.3 is 5.11 Å². The molecule has 1 N–H and O–H groups in total. The first-order valence-electron chi connectivity index (χ1n) is 7.09. The van der Waals surface area contributed by atoms with Crippen LogP contribution in [0.4, 0.5) is 15.0 Å². The molecule has 24 heavy (non-hydrogen) atoms. The molecule has 1 aromatic carbocycles. The van der Waals surface area contributed by atoms with E-state index in [2.05, 4.69) is 4.98 Å². The van der Waals surface area contributed by atoms with Gasteiger partial charge in [0.05, 0.1) is 5.56 Å². The summed E-state index contributed by atoms with van der Waals surface area (Å²) in [6, 6.07) is 5.52. The zero-order chi connectivity index (χ0) is 18.1. The van der Waals surface area contributed by atoms with E-state index >= 15 is 0 Å². The summed E-state index contributed by atoms with van der Waals surface area (Å²) in [5.41, 5.74) is -0.451. The molecule has 0 unspecified atom stereocenters. The first-order chi connectivity index (χ1) is 11.2. The first kappa shape index (κ1) is 17.9. The highest BCUT2D eigenvalue weighted by atomic mass is 35.5. The molecular formula is C17H16ClFN2O3. The normalized spacial score (nSPS) is 11.2. The molecule has 2 rings (SSSR count). The minimum atomic E-state index is -1.26. The van der Waals surface area contributed by atoms with Gasteiger partial charge in [0, 0.05) is 27.9 Å². The van der Waals surface area contributed by atoms with Crippen LogP contribution in [0.2, 0.25) is 5.02 Å². The van der Waals surface area contributed by atoms with Crippen LogP contribution in [-0.4, -0.2) is 28.0 Å². The molecule has 5 nitrogen and oxygen atoms in total. The number of nitrogens with zero attached hydrogens (tertiary/aromatic N) is 2. The zero-order valence-electron chi connectivity index (χ0n) is 13.4. The summed E-state index contributed by atoms with van der Waals surface area (Å²) in [5, 5.41) is 9.74. The van der Waals surface area contributed by atoms with Crippen LogP contribution in [0.25, 0.3) is 11.1 Å². The van der Waals surface area contributed by atoms with Gasteiger partial charge in [0.1, 0.15) is 11.6 Å². The SMILES string of the molecule is CC(C)(C)N(C(=O)O)c1nccc(-c2ccc(Cl)cc2F)c1C=O. The van der Waals surface area contributed by atoms with E-state index in [1.807, 2.05) is 0 Å². The standard InChI is InChI=1S/C17H16ClFN2O3/c1-17(2,3)21(16(23)24)15-13(9-22)11(6-7-20-15)12-5-4-10(18)8-14(12)19/h4-9H,1-3H3,(H,23,24). The molecule has 0 aliphatic rings. The predicted molar refractivity (Wildman–Crippen MR) is 90.3 cm³/mol. The Morgan fingerprint density at radius 2 is 1.96 bits per heavy atom. The lowest BCUT2D eigenvalue weighted by molar-refractivity contribution is 0.112. The second kappa shape index (κ2) is 6.57. The van der Waals surface area contributed by atoms with Crippen LogP contribution in [0.5, 0.6) is 0 Å². The Morgan fingerprint density at radius 3 is 2.46 bits per heavy atom. The van der Waals surface area contributed by atoms with Crippen molar-refractivity contribution in [1.82, 2.24) is 4.98 Å². The fourth-order valence-corrected chi connectivity index (χ4v) is 2.55. The van der Waals surface area contributed by atoms with Gasteiger partial charge in [0.2, 0.25) is 0 Å². The monoisotopic (exact) mass is 350 g/mol. The van der Waals surface area contributed by atoms with Crippen LogP contribution in [0.15, 0.2) is 30.5 Å². The Balaban J connectivity index is 2.74. The number of anilines is 1. The third-order valence-corrected chi connectivity index (χ3v) is 3.62. The van der Waals surface area contributed by atoms with Crippen molar-refractivity contribution >= 4 is 29.8 Å². The maximum absolute atomic E-state index is 14.2. The molecule has 2 aromatic rings. The third kappa shape index (κ3) is 3.38. The largest absolute Gasteiger partial charge is 0.465 e. The summed E-state index contributed by atoms with van der Waals surface area (Å²) in [6.45, 7) is 5.02. The summed E-state index contributed by atoms with van der Waals surface area (Å²) in [5.74, 6) is -0.655. The van der Waals surface area contributed by atoms with Crippen molar-refractivity contribution in [2.24, 2.45) is 0 Å². The fourth-order valence-electron chi connectivity index (χ4n) is 2.39. The number of aromatic nitrogens is 1. The Labute approximate surface area is 143 Å². The molecule has 0 saturated carbocycles. The van der Waals surface area contributed by atoms with E-state index < -0.39 is 17.4 Å². The number of rotatable bonds is 3. The molecule has 0 spiro atoms. The van der Waals surface area contributed by atoms with Crippen molar-refractivity contribution in [2.45, 2.75) is 26.3 Å². The smallest absolute Gasteiger partial charge is 0.413 e. The van der Waals surface area contributed by atoms with Gasteiger partial charge in [-0.25, -0.2) is 14.2 Å². The number of aldehydes is 1. The predicted octanol–water partition coefficient (Wildman–Crippen LogP) is 4.64. The van der Waals surface area contributed by atoms with E-state index in [0.29, 0.717) is 6.29 Å². The average molecular weight is 351 g/mol. The number of amides is 1. The van der Waals surface area contributed by atoms with E-state index in [-0.39, 0.29) is 27.5 Å². The Morgan fingerprint density at radius 1 is 1.29 bits per heavy atom. The summed E-state index contributed by atoms with van der Waals surface area (Å²) >= 11 is 5.75. The lowest BCUT2D eigenvalue weighted by atomic mass is 9.99. The highest BCUT2D eigenvalue weighted by Crippen LogP contribution is 2.33. The van der Waals surface area contributed by atoms with E-state index in [0.717, 1.165) is 11.0 Å². The minimum Gasteiger partial charge on any atom is -0.465 e. The van der Waals surface area contributed by atoms with Crippen LogP contribution in [0.1, 0.15) is 31.1 Å². The van der Waals surface area contributed by atoms with Crippen molar-refractivity contribution in [3.8, 4) is 11.1 Å². The Bertz CT molecular complexity index is 803. The molecular weight excluding hydrogens is 335 g/mol. The van der Waals surface area contributed by atoms with Crippen LogP contribution < -0.4 is 4.90 Å². The summed E-state index contributed by atoms with van der Waals surface area (Å²) in [6.07, 6.45) is 0.563. The third-order valence-electron chi connectivity index (χ3n) is 3.38. The molecule has 0 aliphatic heterocycles. The summed E-state index contributed by atoms with van der Waals surface area (Å²) < 4.78 is 14.2. The summed E-state index contributed by atoms with van der Waals surface area (Å²) in [4.78, 5) is 28.3. The number of hydrogen-bond donors (Lipinski definition) is 1. The van der Waals surface area contributed by atoms with Crippen LogP contribution >= 0.6 is 11.6 Å². The van der Waals surface area contributed by atoms with Crippen molar-refractivity contribution in [3.63, 3.8) is 0 Å². The summed E-state index contributed by atoms with van der Waals surface area (Å²) in [7, 11) is 0. The van der Waals surface area contributed by atoms with Crippen LogP contribution in [-0.2, 0) is 0 Å². The van der Waals surface area contributed by atoms with Gasteiger partial charge in [-0.1, -0.05) is 11.6 Å². The molecule has 0 saturated heterocycles. The topological polar surface area (TPSA) is 70.5 Å². The number of carboxylic acid groups (broad SMARTS) is 1. The van der Waals surface area contributed by atoms with Gasteiger partial charge in [0.25, 0.3) is 0 Å². The van der Waals surface area contributed by atoms with Gasteiger partial charge in [-0.15, -0.1) is 0 Å². The van der Waals surface area contributed by atoms with Gasteiger partial charge >= 0.3 is 6.09 Å². The van der Waals surface area contributed by atoms with Crippen LogP contribution in [0, 0.1) is 5.82 Å². The van der Waals surface area contributed by atoms with Crippen molar-refractivity contribution in [1.29, 1.82) is 0 Å². The number of pyridine rings is 1. The molecule has 1 amide bonds. The van der Waals surface area contributed by atoms with Gasteiger partial charge in [0.15, 0.2) is 6.29 Å². The molecule has 0 fully saturated rings. The van der Waals surface area contributed by atoms with E-state index in [1.54, 1.807) is 20.8 Å². The van der Waals surface area contributed by atoms with E-state index in [9.17, 15) is 19.1 Å². The highest BCUT2D eigenvalue weighted by Gasteiger charge is 2.32. The lowest BCUT2D eigenvalue weighted by Crippen LogP contribution is -2.46. The molecule has 7 heteroatoms. The Kier molecular flexibility index (Phi) is 4.89. The van der Waals surface area contributed by atoms with Gasteiger partial charge in [-0.05, 0) is 45.0 Å². The highest BCUT2D eigenvalue weighted by molar-refractivity contribution is 6.30. The average Bonchev–Trinajstić information content (AvgIpc) is 2.45. The van der Waals surface area contributed by atoms with E-state index in [1.165, 1.54) is 24.4 Å². The molecule has 126 valence electrons. The number of carbonyl (C=O) groups excluding carboxylic acids is 1. The minimum absolute atomic E-state index is 0.00366. The second-order valence-corrected chi connectivity index (χ2v) is 6.56. The second-order valence-electron chi connectivity index (χ2n) is 6.13. The van der Waals surface area contributed by atoms with Crippen molar-refractivity contribution in [3.05, 3.63) is 46.9 Å². The van der Waals surface area contributed by atoms with Crippen LogP contribution in [0.3, 0.4) is 0 Å². The molecule has 0 bridgehead atoms. The van der Waals surface area contributed by atoms with Gasteiger partial charge in [-0.3, -0.25) is 9.69 Å². The Hall–Kier alpha value is -2.47. The molecule has 0 aliphatic carbocycles. The maximum atomic E-state index is 14.2. The number of hydrogen-bond acceptors (Lipinski definition) is 3. The number of carbonyl (C=O) groups is 2. The molecule has 1 aromatic heterocycles. The molecule has 0 radical (unpaired) electrons.